The van der Waals surface area contributed by atoms with Crippen molar-refractivity contribution < 1.29 is 23.7 Å². The molecule has 0 saturated heterocycles. The quantitative estimate of drug-likeness (QED) is 0.153. The number of anilines is 1. The van der Waals surface area contributed by atoms with E-state index < -0.39 is 6.10 Å². The third-order valence-corrected chi connectivity index (χ3v) is 6.19. The molecule has 1 heterocycles. The molecule has 7 nitrogen and oxygen atoms in total. The van der Waals surface area contributed by atoms with Crippen molar-refractivity contribution in [2.45, 2.75) is 78.2 Å². The highest BCUT2D eigenvalue weighted by Crippen LogP contribution is 2.29. The van der Waals surface area contributed by atoms with Crippen LogP contribution in [-0.2, 0) is 20.7 Å². The first kappa shape index (κ1) is 30.4. The zero-order valence-corrected chi connectivity index (χ0v) is 23.2. The monoisotopic (exact) mass is 514 g/mol. The lowest BCUT2D eigenvalue weighted by Crippen LogP contribution is -2.30. The summed E-state index contributed by atoms with van der Waals surface area (Å²) >= 11 is 0. The van der Waals surface area contributed by atoms with Gasteiger partial charge in [-0.2, -0.15) is 0 Å². The molecule has 37 heavy (non-hydrogen) atoms. The summed E-state index contributed by atoms with van der Waals surface area (Å²) in [6, 6.07) is 11.7. The fourth-order valence-corrected chi connectivity index (χ4v) is 4.23. The molecule has 0 amide bonds. The number of ether oxygens (including phenoxy) is 4. The molecule has 0 bridgehead atoms. The highest BCUT2D eigenvalue weighted by Gasteiger charge is 2.21. The molecule has 206 valence electrons. The van der Waals surface area contributed by atoms with Gasteiger partial charge in [-0.25, -0.2) is 9.78 Å². The Balaban J connectivity index is 1.98. The van der Waals surface area contributed by atoms with Crippen LogP contribution >= 0.6 is 0 Å². The first-order valence-electron chi connectivity index (χ1n) is 13.9. The van der Waals surface area contributed by atoms with E-state index in [0.717, 1.165) is 24.3 Å². The number of carbonyl (C=O) groups excluding carboxylic acids is 1. The highest BCUT2D eigenvalue weighted by atomic mass is 16.6. The van der Waals surface area contributed by atoms with Crippen LogP contribution < -0.4 is 14.4 Å². The zero-order valence-electron chi connectivity index (χ0n) is 23.2. The van der Waals surface area contributed by atoms with Crippen LogP contribution in [0.25, 0.3) is 0 Å². The predicted octanol–water partition coefficient (Wildman–Crippen LogP) is 6.24. The van der Waals surface area contributed by atoms with Crippen molar-refractivity contribution in [3.63, 3.8) is 0 Å². The molecule has 0 spiro atoms. The molecule has 0 aliphatic rings. The lowest BCUT2D eigenvalue weighted by atomic mass is 10.1. The Morgan fingerprint density at radius 1 is 0.919 bits per heavy atom. The van der Waals surface area contributed by atoms with Crippen LogP contribution in [0.5, 0.6) is 11.5 Å². The first-order chi connectivity index (χ1) is 18.1. The second-order valence-electron chi connectivity index (χ2n) is 9.03. The van der Waals surface area contributed by atoms with E-state index in [-0.39, 0.29) is 5.97 Å². The molecule has 2 rings (SSSR count). The number of hydrogen-bond donors (Lipinski definition) is 0. The smallest absolute Gasteiger partial charge is 0.335 e. The number of nitrogens with zero attached hydrogens (tertiary/aromatic N) is 2. The second-order valence-corrected chi connectivity index (χ2v) is 9.03. The van der Waals surface area contributed by atoms with Gasteiger partial charge in [0, 0.05) is 25.8 Å². The Hall–Kier alpha value is -2.80. The largest absolute Gasteiger partial charge is 0.493 e. The maximum atomic E-state index is 12.3. The fraction of sp³-hybridized carbons (Fsp3) is 0.600. The van der Waals surface area contributed by atoms with E-state index >= 15 is 0 Å². The molecule has 0 aliphatic carbocycles. The molecule has 0 N–H and O–H groups in total. The summed E-state index contributed by atoms with van der Waals surface area (Å²) in [7, 11) is 1.63. The standard InChI is InChI=1S/C30H46N2O5/c1-5-8-9-10-11-12-15-20-32(29-16-13-14-19-31-29)21-22-37-27-23-25(17-18-26(27)34-4)24-28(35-6-2)30(33)36-7-3/h13-14,16-19,23,28H,5-12,15,20-22,24H2,1-4H3. The van der Waals surface area contributed by atoms with Crippen LogP contribution in [-0.4, -0.2) is 57.1 Å². The van der Waals surface area contributed by atoms with Crippen molar-refractivity contribution in [2.24, 2.45) is 0 Å². The van der Waals surface area contributed by atoms with E-state index in [9.17, 15) is 4.79 Å². The van der Waals surface area contributed by atoms with Gasteiger partial charge in [-0.15, -0.1) is 0 Å². The number of rotatable bonds is 20. The normalized spacial score (nSPS) is 11.7. The van der Waals surface area contributed by atoms with Gasteiger partial charge in [-0.05, 0) is 50.1 Å². The minimum Gasteiger partial charge on any atom is -0.493 e. The summed E-state index contributed by atoms with van der Waals surface area (Å²) < 4.78 is 22.5. The summed E-state index contributed by atoms with van der Waals surface area (Å²) in [6.45, 7) is 8.82. The van der Waals surface area contributed by atoms with Gasteiger partial charge in [0.1, 0.15) is 12.4 Å². The maximum Gasteiger partial charge on any atom is 0.335 e. The lowest BCUT2D eigenvalue weighted by Gasteiger charge is -2.24. The molecule has 0 aliphatic heterocycles. The average Bonchev–Trinajstić information content (AvgIpc) is 2.92. The van der Waals surface area contributed by atoms with Gasteiger partial charge < -0.3 is 23.8 Å². The molecule has 1 aromatic heterocycles. The van der Waals surface area contributed by atoms with Gasteiger partial charge >= 0.3 is 5.97 Å². The number of carbonyl (C=O) groups is 1. The number of benzene rings is 1. The lowest BCUT2D eigenvalue weighted by molar-refractivity contribution is -0.156. The van der Waals surface area contributed by atoms with Crippen LogP contribution in [0.1, 0.15) is 71.3 Å². The van der Waals surface area contributed by atoms with E-state index in [1.165, 1.54) is 38.5 Å². The Labute approximate surface area is 223 Å². The number of unbranched alkanes of at least 4 members (excludes halogenated alkanes) is 6. The third kappa shape index (κ3) is 11.4. The molecule has 2 aromatic rings. The van der Waals surface area contributed by atoms with Crippen molar-refractivity contribution >= 4 is 11.8 Å². The van der Waals surface area contributed by atoms with Gasteiger partial charge in [0.15, 0.2) is 17.6 Å². The highest BCUT2D eigenvalue weighted by molar-refractivity contribution is 5.75. The van der Waals surface area contributed by atoms with Crippen LogP contribution in [0.15, 0.2) is 42.6 Å². The average molecular weight is 515 g/mol. The van der Waals surface area contributed by atoms with Crippen molar-refractivity contribution in [1.82, 2.24) is 4.98 Å². The molecule has 0 radical (unpaired) electrons. The Bertz CT molecular complexity index is 878. The molecular formula is C30H46N2O5. The van der Waals surface area contributed by atoms with Crippen molar-refractivity contribution in [3.05, 3.63) is 48.2 Å². The van der Waals surface area contributed by atoms with Crippen LogP contribution in [0.2, 0.25) is 0 Å². The molecule has 0 saturated carbocycles. The number of hydrogen-bond acceptors (Lipinski definition) is 7. The fourth-order valence-electron chi connectivity index (χ4n) is 4.23. The van der Waals surface area contributed by atoms with Crippen molar-refractivity contribution in [3.8, 4) is 11.5 Å². The Morgan fingerprint density at radius 2 is 1.70 bits per heavy atom. The van der Waals surface area contributed by atoms with E-state index in [1.807, 2.05) is 49.5 Å². The minimum atomic E-state index is -0.646. The summed E-state index contributed by atoms with van der Waals surface area (Å²) in [5.41, 5.74) is 0.923. The van der Waals surface area contributed by atoms with Crippen LogP contribution in [0, 0.1) is 0 Å². The molecular weight excluding hydrogens is 468 g/mol. The third-order valence-electron chi connectivity index (χ3n) is 6.19. The predicted molar refractivity (Wildman–Crippen MR) is 149 cm³/mol. The van der Waals surface area contributed by atoms with Crippen molar-refractivity contribution in [1.29, 1.82) is 0 Å². The number of esters is 1. The summed E-state index contributed by atoms with van der Waals surface area (Å²) in [5, 5.41) is 0. The molecule has 1 unspecified atom stereocenters. The summed E-state index contributed by atoms with van der Waals surface area (Å²) in [4.78, 5) is 19.1. The Kier molecular flexibility index (Phi) is 15.2. The van der Waals surface area contributed by atoms with E-state index in [1.54, 1.807) is 14.0 Å². The minimum absolute atomic E-state index is 0.324. The van der Waals surface area contributed by atoms with Gasteiger partial charge in [-0.1, -0.05) is 57.6 Å². The van der Waals surface area contributed by atoms with Crippen LogP contribution in [0.4, 0.5) is 5.82 Å². The maximum absolute atomic E-state index is 12.3. The zero-order chi connectivity index (χ0) is 26.7. The van der Waals surface area contributed by atoms with Crippen molar-refractivity contribution in [2.75, 3.05) is 44.9 Å². The molecule has 0 fully saturated rings. The van der Waals surface area contributed by atoms with Gasteiger partial charge in [-0.3, -0.25) is 0 Å². The van der Waals surface area contributed by atoms with E-state index in [2.05, 4.69) is 16.8 Å². The van der Waals surface area contributed by atoms with E-state index in [0.29, 0.717) is 44.3 Å². The summed E-state index contributed by atoms with van der Waals surface area (Å²) in [5.74, 6) is 1.92. The topological polar surface area (TPSA) is 70.1 Å². The number of aromatic nitrogens is 1. The first-order valence-corrected chi connectivity index (χ1v) is 13.9. The van der Waals surface area contributed by atoms with Gasteiger partial charge in [0.2, 0.25) is 0 Å². The van der Waals surface area contributed by atoms with Gasteiger partial charge in [0.05, 0.1) is 20.3 Å². The molecule has 1 aromatic carbocycles. The number of methoxy groups -OCH3 is 1. The number of pyridine rings is 1. The Morgan fingerprint density at radius 3 is 2.38 bits per heavy atom. The molecule has 1 atom stereocenters. The molecule has 7 heteroatoms. The van der Waals surface area contributed by atoms with Crippen LogP contribution in [0.3, 0.4) is 0 Å². The summed E-state index contributed by atoms with van der Waals surface area (Å²) in [6.07, 6.45) is 10.5. The van der Waals surface area contributed by atoms with Gasteiger partial charge in [0.25, 0.3) is 0 Å². The SMILES string of the molecule is CCCCCCCCCN(CCOc1cc(CC(OCC)C(=O)OCC)ccc1OC)c1ccccn1. The second kappa shape index (κ2) is 18.4. The van der Waals surface area contributed by atoms with E-state index in [4.69, 9.17) is 18.9 Å².